The van der Waals surface area contributed by atoms with Crippen LogP contribution >= 0.6 is 23.2 Å². The molecule has 1 aromatic carbocycles. The molecule has 0 spiro atoms. The quantitative estimate of drug-likeness (QED) is 0.914. The summed E-state index contributed by atoms with van der Waals surface area (Å²) in [5.41, 5.74) is 0.161. The van der Waals surface area contributed by atoms with Crippen LogP contribution < -0.4 is 4.74 Å². The Bertz CT molecular complexity index is 410. The molecular weight excluding hydrogens is 265 g/mol. The lowest BCUT2D eigenvalue weighted by Gasteiger charge is -2.11. The maximum Gasteiger partial charge on any atom is 0.387 e. The molecule has 16 heavy (non-hydrogen) atoms. The van der Waals surface area contributed by atoms with E-state index in [0.717, 1.165) is 0 Å². The van der Waals surface area contributed by atoms with Crippen molar-refractivity contribution in [1.29, 1.82) is 0 Å². The Hall–Kier alpha value is -1.07. The van der Waals surface area contributed by atoms with Gasteiger partial charge in [-0.3, -0.25) is 4.79 Å². The third kappa shape index (κ3) is 3.21. The summed E-state index contributed by atoms with van der Waals surface area (Å²) in [6.07, 6.45) is -0.393. The average molecular weight is 271 g/mol. The lowest BCUT2D eigenvalue weighted by atomic mass is 10.1. The smallest absolute Gasteiger partial charge is 0.387 e. The predicted molar refractivity (Wildman–Crippen MR) is 54.4 cm³/mol. The second kappa shape index (κ2) is 5.32. The minimum atomic E-state index is -3.07. The molecule has 88 valence electrons. The molecule has 0 aliphatic rings. The van der Waals surface area contributed by atoms with Crippen LogP contribution in [0.1, 0.15) is 5.56 Å². The number of hydrogen-bond acceptors (Lipinski definition) is 2. The van der Waals surface area contributed by atoms with Crippen LogP contribution in [0.2, 0.25) is 10.0 Å². The van der Waals surface area contributed by atoms with E-state index in [9.17, 15) is 13.6 Å². The number of carboxylic acids is 1. The van der Waals surface area contributed by atoms with Crippen molar-refractivity contribution in [1.82, 2.24) is 0 Å². The number of rotatable bonds is 4. The summed E-state index contributed by atoms with van der Waals surface area (Å²) in [7, 11) is 0. The predicted octanol–water partition coefficient (Wildman–Crippen LogP) is 3.22. The Morgan fingerprint density at radius 1 is 1.44 bits per heavy atom. The summed E-state index contributed by atoms with van der Waals surface area (Å²) in [6, 6.07) is 2.60. The summed E-state index contributed by atoms with van der Waals surface area (Å²) in [5, 5.41) is 8.24. The number of ether oxygens (including phenoxy) is 1. The molecule has 1 N–H and O–H groups in total. The van der Waals surface area contributed by atoms with Crippen LogP contribution in [0.3, 0.4) is 0 Å². The van der Waals surface area contributed by atoms with Crippen LogP contribution in [-0.4, -0.2) is 17.7 Å². The standard InChI is InChI=1S/C9H6Cl2F2O3/c10-5-2-1-4(3-6(14)15)7(11)8(5)16-9(12)13/h1-2,9H,3H2,(H,14,15). The van der Waals surface area contributed by atoms with Gasteiger partial charge in [0.1, 0.15) is 0 Å². The maximum absolute atomic E-state index is 12.0. The minimum absolute atomic E-state index is 0.0977. The van der Waals surface area contributed by atoms with Crippen LogP contribution in [0, 0.1) is 0 Å². The highest BCUT2D eigenvalue weighted by Gasteiger charge is 2.17. The van der Waals surface area contributed by atoms with Gasteiger partial charge in [-0.05, 0) is 11.6 Å². The molecule has 0 radical (unpaired) electrons. The van der Waals surface area contributed by atoms with E-state index >= 15 is 0 Å². The van der Waals surface area contributed by atoms with Gasteiger partial charge in [-0.2, -0.15) is 8.78 Å². The molecule has 1 aromatic rings. The van der Waals surface area contributed by atoms with E-state index in [0.29, 0.717) is 0 Å². The first kappa shape index (κ1) is 13.0. The van der Waals surface area contributed by atoms with E-state index in [1.54, 1.807) is 0 Å². The molecule has 0 bridgehead atoms. The fraction of sp³-hybridized carbons (Fsp3) is 0.222. The third-order valence-corrected chi connectivity index (χ3v) is 2.39. The Morgan fingerprint density at radius 2 is 2.06 bits per heavy atom. The van der Waals surface area contributed by atoms with Crippen molar-refractivity contribution >= 4 is 29.2 Å². The number of alkyl halides is 2. The molecule has 0 heterocycles. The molecule has 0 fully saturated rings. The molecule has 0 saturated carbocycles. The molecular formula is C9H6Cl2F2O3. The monoisotopic (exact) mass is 270 g/mol. The molecule has 0 unspecified atom stereocenters. The molecule has 0 aromatic heterocycles. The van der Waals surface area contributed by atoms with Crippen LogP contribution in [-0.2, 0) is 11.2 Å². The van der Waals surface area contributed by atoms with Crippen molar-refractivity contribution in [2.24, 2.45) is 0 Å². The van der Waals surface area contributed by atoms with Gasteiger partial charge in [-0.1, -0.05) is 29.3 Å². The van der Waals surface area contributed by atoms with Gasteiger partial charge in [0.05, 0.1) is 16.5 Å². The molecule has 0 saturated heterocycles. The topological polar surface area (TPSA) is 46.5 Å². The molecule has 0 amide bonds. The van der Waals surface area contributed by atoms with Crippen molar-refractivity contribution in [3.8, 4) is 5.75 Å². The van der Waals surface area contributed by atoms with Gasteiger partial charge in [-0.15, -0.1) is 0 Å². The fourth-order valence-corrected chi connectivity index (χ4v) is 1.60. The maximum atomic E-state index is 12.0. The van der Waals surface area contributed by atoms with Crippen LogP contribution in [0.25, 0.3) is 0 Å². The lowest BCUT2D eigenvalue weighted by Crippen LogP contribution is -2.06. The van der Waals surface area contributed by atoms with Crippen LogP contribution in [0.5, 0.6) is 5.75 Å². The molecule has 0 aliphatic heterocycles. The Kier molecular flexibility index (Phi) is 4.32. The fourth-order valence-electron chi connectivity index (χ4n) is 1.07. The Balaban J connectivity index is 3.10. The van der Waals surface area contributed by atoms with E-state index in [2.05, 4.69) is 4.74 Å². The lowest BCUT2D eigenvalue weighted by molar-refractivity contribution is -0.136. The first-order chi connectivity index (χ1) is 7.41. The number of hydrogen-bond donors (Lipinski definition) is 1. The van der Waals surface area contributed by atoms with Gasteiger partial charge in [-0.25, -0.2) is 0 Å². The first-order valence-electron chi connectivity index (χ1n) is 4.05. The van der Waals surface area contributed by atoms with Gasteiger partial charge < -0.3 is 9.84 Å². The normalized spacial score (nSPS) is 10.6. The van der Waals surface area contributed by atoms with Crippen molar-refractivity contribution in [2.45, 2.75) is 13.0 Å². The van der Waals surface area contributed by atoms with E-state index < -0.39 is 24.8 Å². The van der Waals surface area contributed by atoms with Crippen molar-refractivity contribution in [3.05, 3.63) is 27.7 Å². The van der Waals surface area contributed by atoms with Gasteiger partial charge in [0, 0.05) is 0 Å². The van der Waals surface area contributed by atoms with E-state index in [4.69, 9.17) is 28.3 Å². The molecule has 0 atom stereocenters. The van der Waals surface area contributed by atoms with Gasteiger partial charge in [0.25, 0.3) is 0 Å². The van der Waals surface area contributed by atoms with E-state index in [-0.39, 0.29) is 15.6 Å². The highest BCUT2D eigenvalue weighted by atomic mass is 35.5. The molecule has 3 nitrogen and oxygen atoms in total. The zero-order chi connectivity index (χ0) is 12.3. The van der Waals surface area contributed by atoms with Gasteiger partial charge in [0.15, 0.2) is 5.75 Å². The molecule has 0 aliphatic carbocycles. The number of benzene rings is 1. The van der Waals surface area contributed by atoms with Gasteiger partial charge in [0.2, 0.25) is 0 Å². The second-order valence-electron chi connectivity index (χ2n) is 2.80. The van der Waals surface area contributed by atoms with Gasteiger partial charge >= 0.3 is 12.6 Å². The van der Waals surface area contributed by atoms with Crippen molar-refractivity contribution in [3.63, 3.8) is 0 Å². The third-order valence-electron chi connectivity index (χ3n) is 1.68. The summed E-state index contributed by atoms with van der Waals surface area (Å²) in [6.45, 7) is -3.07. The largest absolute Gasteiger partial charge is 0.481 e. The van der Waals surface area contributed by atoms with Crippen LogP contribution in [0.4, 0.5) is 8.78 Å². The highest BCUT2D eigenvalue weighted by Crippen LogP contribution is 2.36. The summed E-state index contributed by atoms with van der Waals surface area (Å²) < 4.78 is 28.1. The highest BCUT2D eigenvalue weighted by molar-refractivity contribution is 6.37. The van der Waals surface area contributed by atoms with Crippen molar-refractivity contribution in [2.75, 3.05) is 0 Å². The second-order valence-corrected chi connectivity index (χ2v) is 3.58. The minimum Gasteiger partial charge on any atom is -0.481 e. The Labute approximate surface area is 99.5 Å². The number of halogens is 4. The number of carboxylic acid groups (broad SMARTS) is 1. The molecule has 7 heteroatoms. The molecule has 1 rings (SSSR count). The summed E-state index contributed by atoms with van der Waals surface area (Å²) in [5.74, 6) is -1.54. The summed E-state index contributed by atoms with van der Waals surface area (Å²) in [4.78, 5) is 10.5. The van der Waals surface area contributed by atoms with Crippen LogP contribution in [0.15, 0.2) is 12.1 Å². The zero-order valence-corrected chi connectivity index (χ0v) is 9.23. The first-order valence-corrected chi connectivity index (χ1v) is 4.81. The average Bonchev–Trinajstić information content (AvgIpc) is 2.16. The number of carbonyl (C=O) groups is 1. The van der Waals surface area contributed by atoms with Crippen molar-refractivity contribution < 1.29 is 23.4 Å². The Morgan fingerprint density at radius 3 is 2.56 bits per heavy atom. The van der Waals surface area contributed by atoms with E-state index in [1.807, 2.05) is 0 Å². The summed E-state index contributed by atoms with van der Waals surface area (Å²) >= 11 is 11.3. The SMILES string of the molecule is O=C(O)Cc1ccc(Cl)c(OC(F)F)c1Cl. The number of aliphatic carboxylic acids is 1. The van der Waals surface area contributed by atoms with E-state index in [1.165, 1.54) is 12.1 Å². The zero-order valence-electron chi connectivity index (χ0n) is 7.71.